The van der Waals surface area contributed by atoms with E-state index in [4.69, 9.17) is 14.6 Å². The first-order chi connectivity index (χ1) is 14.7. The van der Waals surface area contributed by atoms with Crippen LogP contribution in [0.3, 0.4) is 0 Å². The molecular formula is C23H23N5O2. The number of rotatable bonds is 7. The van der Waals surface area contributed by atoms with Crippen LogP contribution in [0.5, 0.6) is 11.5 Å². The van der Waals surface area contributed by atoms with Gasteiger partial charge in [0.1, 0.15) is 18.6 Å². The fourth-order valence-corrected chi connectivity index (χ4v) is 3.11. The van der Waals surface area contributed by atoms with Gasteiger partial charge in [0.2, 0.25) is 5.95 Å². The van der Waals surface area contributed by atoms with Crippen LogP contribution in [0.1, 0.15) is 18.2 Å². The van der Waals surface area contributed by atoms with Crippen LogP contribution in [-0.2, 0) is 18.3 Å². The fourth-order valence-electron chi connectivity index (χ4n) is 3.11. The highest BCUT2D eigenvalue weighted by atomic mass is 16.6. The molecular weight excluding hydrogens is 378 g/mol. The van der Waals surface area contributed by atoms with E-state index in [2.05, 4.69) is 46.6 Å². The van der Waals surface area contributed by atoms with Gasteiger partial charge in [0.05, 0.1) is 22.9 Å². The largest absolute Gasteiger partial charge is 0.457 e. The van der Waals surface area contributed by atoms with Crippen molar-refractivity contribution in [2.24, 2.45) is 12.2 Å². The summed E-state index contributed by atoms with van der Waals surface area (Å²) in [4.78, 5) is 13.6. The number of anilines is 2. The molecule has 0 unspecified atom stereocenters. The van der Waals surface area contributed by atoms with Crippen LogP contribution in [0.15, 0.2) is 65.9 Å². The third-order valence-electron chi connectivity index (χ3n) is 4.75. The molecule has 0 aliphatic carbocycles. The topological polar surface area (TPSA) is 73.6 Å². The molecule has 0 amide bonds. The first-order valence-corrected chi connectivity index (χ1v) is 9.69. The second-order valence-corrected chi connectivity index (χ2v) is 6.76. The minimum Gasteiger partial charge on any atom is -0.457 e. The number of benzene rings is 2. The van der Waals surface area contributed by atoms with Gasteiger partial charge in [-0.25, -0.2) is 4.98 Å². The van der Waals surface area contributed by atoms with Crippen LogP contribution in [0, 0.1) is 0 Å². The predicted octanol–water partition coefficient (Wildman–Crippen LogP) is 5.05. The third-order valence-corrected chi connectivity index (χ3v) is 4.75. The highest BCUT2D eigenvalue weighted by Crippen LogP contribution is 2.28. The van der Waals surface area contributed by atoms with Crippen molar-refractivity contribution in [2.45, 2.75) is 13.3 Å². The number of aromatic nitrogens is 3. The molecule has 4 rings (SSSR count). The van der Waals surface area contributed by atoms with E-state index in [1.165, 1.54) is 18.9 Å². The van der Waals surface area contributed by atoms with Crippen molar-refractivity contribution in [2.75, 3.05) is 12.4 Å². The molecule has 0 spiro atoms. The molecule has 0 radical (unpaired) electrons. The van der Waals surface area contributed by atoms with E-state index in [1.807, 2.05) is 29.8 Å². The molecule has 0 saturated heterocycles. The Morgan fingerprint density at radius 1 is 1.07 bits per heavy atom. The molecule has 2 aromatic heterocycles. The Hall–Kier alpha value is -3.87. The van der Waals surface area contributed by atoms with Gasteiger partial charge in [0.15, 0.2) is 0 Å². The standard InChI is InChI=1S/C23H23N5O2/c1-4-16-5-7-17(8-6-16)26-23-27-21-14-19(9-10-22(21)28(23)2)30-20-11-12-24-18(13-20)15-25-29-3/h5-15H,4H2,1-3H3,(H,26,27). The SMILES string of the molecule is CCc1ccc(Nc2nc3cc(Oc4ccnc(C=NOC)c4)ccc3n2C)cc1. The Balaban J connectivity index is 1.56. The number of nitrogens with zero attached hydrogens (tertiary/aromatic N) is 4. The number of fused-ring (bicyclic) bond motifs is 1. The zero-order valence-electron chi connectivity index (χ0n) is 17.2. The van der Waals surface area contributed by atoms with Crippen molar-refractivity contribution in [3.8, 4) is 11.5 Å². The van der Waals surface area contributed by atoms with E-state index in [0.29, 0.717) is 17.2 Å². The number of aryl methyl sites for hydroxylation is 2. The lowest BCUT2D eigenvalue weighted by Crippen LogP contribution is -1.99. The molecule has 0 bridgehead atoms. The molecule has 1 N–H and O–H groups in total. The van der Waals surface area contributed by atoms with Gasteiger partial charge in [-0.1, -0.05) is 24.2 Å². The van der Waals surface area contributed by atoms with E-state index in [-0.39, 0.29) is 0 Å². The van der Waals surface area contributed by atoms with Crippen LogP contribution in [0.25, 0.3) is 11.0 Å². The molecule has 7 heteroatoms. The van der Waals surface area contributed by atoms with Crippen molar-refractivity contribution in [1.29, 1.82) is 0 Å². The average Bonchev–Trinajstić information content (AvgIpc) is 3.07. The van der Waals surface area contributed by atoms with E-state index in [0.717, 1.165) is 29.1 Å². The minimum atomic E-state index is 0.647. The average molecular weight is 401 g/mol. The van der Waals surface area contributed by atoms with Gasteiger partial charge in [0.25, 0.3) is 0 Å². The molecule has 0 saturated carbocycles. The quantitative estimate of drug-likeness (QED) is 0.347. The van der Waals surface area contributed by atoms with E-state index < -0.39 is 0 Å². The van der Waals surface area contributed by atoms with Gasteiger partial charge in [0, 0.05) is 31.1 Å². The first kappa shape index (κ1) is 19.4. The maximum atomic E-state index is 5.99. The number of hydrogen-bond acceptors (Lipinski definition) is 6. The van der Waals surface area contributed by atoms with E-state index >= 15 is 0 Å². The molecule has 30 heavy (non-hydrogen) atoms. The van der Waals surface area contributed by atoms with Gasteiger partial charge in [-0.05, 0) is 42.3 Å². The molecule has 0 aliphatic heterocycles. The van der Waals surface area contributed by atoms with E-state index in [9.17, 15) is 0 Å². The normalized spacial score (nSPS) is 11.2. The molecule has 7 nitrogen and oxygen atoms in total. The highest BCUT2D eigenvalue weighted by molar-refractivity contribution is 5.81. The van der Waals surface area contributed by atoms with Crippen LogP contribution < -0.4 is 10.1 Å². The van der Waals surface area contributed by atoms with Crippen LogP contribution in [-0.4, -0.2) is 27.9 Å². The lowest BCUT2D eigenvalue weighted by atomic mass is 10.1. The summed E-state index contributed by atoms with van der Waals surface area (Å²) in [5, 5.41) is 7.11. The van der Waals surface area contributed by atoms with Gasteiger partial charge in [-0.2, -0.15) is 0 Å². The van der Waals surface area contributed by atoms with Crippen LogP contribution in [0.2, 0.25) is 0 Å². The molecule has 0 atom stereocenters. The molecule has 2 aromatic carbocycles. The summed E-state index contributed by atoms with van der Waals surface area (Å²) in [5.74, 6) is 2.13. The summed E-state index contributed by atoms with van der Waals surface area (Å²) >= 11 is 0. The number of imidazole rings is 1. The Kier molecular flexibility index (Phi) is 5.61. The van der Waals surface area contributed by atoms with Gasteiger partial charge in [-0.15, -0.1) is 0 Å². The number of ether oxygens (including phenoxy) is 1. The molecule has 4 aromatic rings. The number of hydrogen-bond donors (Lipinski definition) is 1. The minimum absolute atomic E-state index is 0.647. The lowest BCUT2D eigenvalue weighted by Gasteiger charge is -2.07. The maximum absolute atomic E-state index is 5.99. The number of oxime groups is 1. The number of nitrogens with one attached hydrogen (secondary N) is 1. The van der Waals surface area contributed by atoms with E-state index in [1.54, 1.807) is 18.3 Å². The summed E-state index contributed by atoms with van der Waals surface area (Å²) in [6.07, 6.45) is 4.21. The van der Waals surface area contributed by atoms with Crippen molar-refractivity contribution < 1.29 is 9.57 Å². The summed E-state index contributed by atoms with van der Waals surface area (Å²) < 4.78 is 8.01. The Morgan fingerprint density at radius 2 is 1.87 bits per heavy atom. The Labute approximate surface area is 175 Å². The first-order valence-electron chi connectivity index (χ1n) is 9.69. The third kappa shape index (κ3) is 4.25. The number of pyridine rings is 1. The summed E-state index contributed by atoms with van der Waals surface area (Å²) in [7, 11) is 3.48. The molecule has 0 fully saturated rings. The van der Waals surface area contributed by atoms with Gasteiger partial charge in [-0.3, -0.25) is 4.98 Å². The van der Waals surface area contributed by atoms with Crippen molar-refractivity contribution in [3.05, 3.63) is 72.1 Å². The lowest BCUT2D eigenvalue weighted by molar-refractivity contribution is 0.215. The molecule has 2 heterocycles. The van der Waals surface area contributed by atoms with Crippen LogP contribution >= 0.6 is 0 Å². The smallest absolute Gasteiger partial charge is 0.208 e. The summed E-state index contributed by atoms with van der Waals surface area (Å²) in [6.45, 7) is 2.15. The summed E-state index contributed by atoms with van der Waals surface area (Å²) in [6, 6.07) is 17.8. The second kappa shape index (κ2) is 8.65. The highest BCUT2D eigenvalue weighted by Gasteiger charge is 2.10. The van der Waals surface area contributed by atoms with Crippen molar-refractivity contribution >= 4 is 28.9 Å². The van der Waals surface area contributed by atoms with Gasteiger partial charge >= 0.3 is 0 Å². The van der Waals surface area contributed by atoms with Gasteiger partial charge < -0.3 is 19.5 Å². The Morgan fingerprint density at radius 3 is 2.63 bits per heavy atom. The fraction of sp³-hybridized carbons (Fsp3) is 0.174. The maximum Gasteiger partial charge on any atom is 0.208 e. The monoisotopic (exact) mass is 401 g/mol. The second-order valence-electron chi connectivity index (χ2n) is 6.76. The van der Waals surface area contributed by atoms with Crippen molar-refractivity contribution in [1.82, 2.24) is 14.5 Å². The molecule has 0 aliphatic rings. The van der Waals surface area contributed by atoms with Crippen molar-refractivity contribution in [3.63, 3.8) is 0 Å². The zero-order chi connectivity index (χ0) is 20.9. The summed E-state index contributed by atoms with van der Waals surface area (Å²) in [5.41, 5.74) is 4.81. The predicted molar refractivity (Wildman–Crippen MR) is 119 cm³/mol. The zero-order valence-corrected chi connectivity index (χ0v) is 17.2. The Bertz CT molecular complexity index is 1180. The molecule has 152 valence electrons. The van der Waals surface area contributed by atoms with Crippen LogP contribution in [0.4, 0.5) is 11.6 Å².